The van der Waals surface area contributed by atoms with E-state index < -0.39 is 0 Å². The van der Waals surface area contributed by atoms with Crippen molar-refractivity contribution in [2.24, 2.45) is 0 Å². The number of para-hydroxylation sites is 1. The molecule has 0 heterocycles. The fourth-order valence-electron chi connectivity index (χ4n) is 1.55. The third-order valence-electron chi connectivity index (χ3n) is 2.70. The summed E-state index contributed by atoms with van der Waals surface area (Å²) in [6.07, 6.45) is 2.11. The minimum atomic E-state index is 0.496. The molecule has 1 rings (SSSR count). The van der Waals surface area contributed by atoms with Gasteiger partial charge in [0.15, 0.2) is 0 Å². The summed E-state index contributed by atoms with van der Waals surface area (Å²) in [6.45, 7) is 7.18. The maximum atomic E-state index is 6.08. The third kappa shape index (κ3) is 2.88. The van der Waals surface area contributed by atoms with Crippen molar-refractivity contribution in [3.05, 3.63) is 23.8 Å². The van der Waals surface area contributed by atoms with Crippen LogP contribution in [0.25, 0.3) is 0 Å². The second-order valence-corrected chi connectivity index (χ2v) is 3.92. The number of rotatable bonds is 5. The van der Waals surface area contributed by atoms with Gasteiger partial charge >= 0.3 is 0 Å². The molecular formula is C13H21NO. The molecule has 1 aromatic carbocycles. The van der Waals surface area contributed by atoms with E-state index in [0.29, 0.717) is 5.92 Å². The Morgan fingerprint density at radius 2 is 2.07 bits per heavy atom. The highest BCUT2D eigenvalue weighted by atomic mass is 16.5. The van der Waals surface area contributed by atoms with Crippen molar-refractivity contribution in [2.45, 2.75) is 39.5 Å². The topological polar surface area (TPSA) is 35.2 Å². The summed E-state index contributed by atoms with van der Waals surface area (Å²) in [6, 6.07) is 6.04. The molecular weight excluding hydrogens is 186 g/mol. The highest BCUT2D eigenvalue weighted by Gasteiger charge is 2.10. The highest BCUT2D eigenvalue weighted by Crippen LogP contribution is 2.31. The lowest BCUT2D eigenvalue weighted by atomic mass is 9.97. The van der Waals surface area contributed by atoms with Gasteiger partial charge in [-0.1, -0.05) is 32.9 Å². The Kier molecular flexibility index (Phi) is 4.47. The van der Waals surface area contributed by atoms with Crippen LogP contribution in [0.3, 0.4) is 0 Å². The second-order valence-electron chi connectivity index (χ2n) is 3.92. The van der Waals surface area contributed by atoms with Gasteiger partial charge in [0.05, 0.1) is 12.3 Å². The summed E-state index contributed by atoms with van der Waals surface area (Å²) in [5, 5.41) is 0. The molecule has 2 heteroatoms. The van der Waals surface area contributed by atoms with Crippen molar-refractivity contribution in [1.29, 1.82) is 0 Å². The maximum absolute atomic E-state index is 6.08. The van der Waals surface area contributed by atoms with Crippen LogP contribution in [0.1, 0.15) is 45.1 Å². The molecule has 15 heavy (non-hydrogen) atoms. The van der Waals surface area contributed by atoms with Crippen LogP contribution in [0.2, 0.25) is 0 Å². The quantitative estimate of drug-likeness (QED) is 0.749. The minimum Gasteiger partial charge on any atom is -0.491 e. The first kappa shape index (κ1) is 11.9. The van der Waals surface area contributed by atoms with Crippen LogP contribution in [0.4, 0.5) is 5.69 Å². The zero-order chi connectivity index (χ0) is 11.3. The van der Waals surface area contributed by atoms with Gasteiger partial charge in [0.2, 0.25) is 0 Å². The Morgan fingerprint density at radius 3 is 2.67 bits per heavy atom. The number of ether oxygens (including phenoxy) is 1. The average Bonchev–Trinajstić information content (AvgIpc) is 2.27. The van der Waals surface area contributed by atoms with Gasteiger partial charge in [-0.25, -0.2) is 0 Å². The fraction of sp³-hybridized carbons (Fsp3) is 0.538. The Hall–Kier alpha value is -1.18. The number of nitrogens with two attached hydrogens (primary N) is 1. The predicted octanol–water partition coefficient (Wildman–Crippen LogP) is 3.57. The molecule has 0 aliphatic carbocycles. The van der Waals surface area contributed by atoms with Crippen molar-refractivity contribution in [3.63, 3.8) is 0 Å². The highest BCUT2D eigenvalue weighted by molar-refractivity contribution is 5.59. The van der Waals surface area contributed by atoms with Gasteiger partial charge in [-0.2, -0.15) is 0 Å². The van der Waals surface area contributed by atoms with E-state index in [9.17, 15) is 0 Å². The Balaban J connectivity index is 2.90. The van der Waals surface area contributed by atoms with Crippen molar-refractivity contribution >= 4 is 5.69 Å². The average molecular weight is 207 g/mol. The van der Waals surface area contributed by atoms with Gasteiger partial charge in [0.25, 0.3) is 0 Å². The van der Waals surface area contributed by atoms with Gasteiger partial charge in [0.1, 0.15) is 5.75 Å². The molecule has 0 amide bonds. The molecule has 0 bridgehead atoms. The molecule has 1 aromatic rings. The van der Waals surface area contributed by atoms with Gasteiger partial charge in [-0.05, 0) is 30.4 Å². The smallest absolute Gasteiger partial charge is 0.142 e. The van der Waals surface area contributed by atoms with Gasteiger partial charge in [-0.15, -0.1) is 0 Å². The van der Waals surface area contributed by atoms with E-state index in [4.69, 9.17) is 10.5 Å². The van der Waals surface area contributed by atoms with Crippen LogP contribution in [0.15, 0.2) is 18.2 Å². The molecule has 0 saturated carbocycles. The van der Waals surface area contributed by atoms with Crippen molar-refractivity contribution in [2.75, 3.05) is 12.3 Å². The molecule has 0 saturated heterocycles. The van der Waals surface area contributed by atoms with Gasteiger partial charge in [0, 0.05) is 0 Å². The molecule has 0 fully saturated rings. The van der Waals surface area contributed by atoms with Gasteiger partial charge < -0.3 is 10.5 Å². The van der Waals surface area contributed by atoms with Gasteiger partial charge in [-0.3, -0.25) is 0 Å². The second kappa shape index (κ2) is 5.64. The molecule has 0 radical (unpaired) electrons. The summed E-state index contributed by atoms with van der Waals surface area (Å²) >= 11 is 0. The number of anilines is 1. The number of hydrogen-bond donors (Lipinski definition) is 1. The molecule has 0 spiro atoms. The van der Waals surface area contributed by atoms with Crippen LogP contribution in [0.5, 0.6) is 5.75 Å². The predicted molar refractivity (Wildman–Crippen MR) is 65.3 cm³/mol. The molecule has 1 atom stereocenters. The summed E-state index contributed by atoms with van der Waals surface area (Å²) in [5.74, 6) is 1.32. The molecule has 0 aliphatic heterocycles. The third-order valence-corrected chi connectivity index (χ3v) is 2.70. The zero-order valence-corrected chi connectivity index (χ0v) is 9.92. The van der Waals surface area contributed by atoms with Crippen LogP contribution in [-0.2, 0) is 0 Å². The Labute approximate surface area is 92.4 Å². The lowest BCUT2D eigenvalue weighted by Gasteiger charge is -2.15. The van der Waals surface area contributed by atoms with Crippen LogP contribution >= 0.6 is 0 Å². The number of hydrogen-bond acceptors (Lipinski definition) is 2. The Morgan fingerprint density at radius 1 is 1.33 bits per heavy atom. The standard InChI is InChI=1S/C13H21NO/c1-4-9-15-12-8-6-7-11(13(12)14)10(3)5-2/h6-8,10H,4-5,9,14H2,1-3H3/t10-/m1/s1. The van der Waals surface area contributed by atoms with E-state index in [-0.39, 0.29) is 0 Å². The van der Waals surface area contributed by atoms with Crippen molar-refractivity contribution < 1.29 is 4.74 Å². The lowest BCUT2D eigenvalue weighted by Crippen LogP contribution is -2.03. The first-order valence-corrected chi connectivity index (χ1v) is 5.71. The Bertz CT molecular complexity index is 309. The van der Waals surface area contributed by atoms with Crippen LogP contribution in [-0.4, -0.2) is 6.61 Å². The zero-order valence-electron chi connectivity index (χ0n) is 9.92. The first-order valence-electron chi connectivity index (χ1n) is 5.71. The maximum Gasteiger partial charge on any atom is 0.142 e. The van der Waals surface area contributed by atoms with Crippen LogP contribution in [0, 0.1) is 0 Å². The lowest BCUT2D eigenvalue weighted by molar-refractivity contribution is 0.318. The monoisotopic (exact) mass is 207 g/mol. The summed E-state index contributed by atoms with van der Waals surface area (Å²) < 4.78 is 5.60. The van der Waals surface area contributed by atoms with Crippen molar-refractivity contribution in [1.82, 2.24) is 0 Å². The molecule has 0 unspecified atom stereocenters. The van der Waals surface area contributed by atoms with Crippen LogP contribution < -0.4 is 10.5 Å². The summed E-state index contributed by atoms with van der Waals surface area (Å²) in [4.78, 5) is 0. The summed E-state index contributed by atoms with van der Waals surface area (Å²) in [5.41, 5.74) is 8.08. The number of benzene rings is 1. The molecule has 0 aliphatic rings. The summed E-state index contributed by atoms with van der Waals surface area (Å²) in [7, 11) is 0. The normalized spacial score (nSPS) is 12.5. The van der Waals surface area contributed by atoms with E-state index >= 15 is 0 Å². The van der Waals surface area contributed by atoms with Crippen molar-refractivity contribution in [3.8, 4) is 5.75 Å². The van der Waals surface area contributed by atoms with E-state index in [0.717, 1.165) is 30.9 Å². The first-order chi connectivity index (χ1) is 7.20. The largest absolute Gasteiger partial charge is 0.491 e. The molecule has 0 aromatic heterocycles. The molecule has 84 valence electrons. The van der Waals surface area contributed by atoms with E-state index in [1.807, 2.05) is 12.1 Å². The fourth-order valence-corrected chi connectivity index (χ4v) is 1.55. The molecule has 2 nitrogen and oxygen atoms in total. The SMILES string of the molecule is CCCOc1cccc([C@H](C)CC)c1N. The molecule has 2 N–H and O–H groups in total. The minimum absolute atomic E-state index is 0.496. The number of nitrogen functional groups attached to an aromatic ring is 1. The van der Waals surface area contributed by atoms with E-state index in [1.165, 1.54) is 5.56 Å². The van der Waals surface area contributed by atoms with E-state index in [1.54, 1.807) is 0 Å². The van der Waals surface area contributed by atoms with E-state index in [2.05, 4.69) is 26.8 Å².